The molecule has 0 aliphatic rings. The van der Waals surface area contributed by atoms with E-state index in [9.17, 15) is 4.79 Å². The molecular formula is C3Cl5O2. The van der Waals surface area contributed by atoms with Gasteiger partial charge < -0.3 is 4.74 Å². The van der Waals surface area contributed by atoms with E-state index in [1.807, 2.05) is 0 Å². The summed E-state index contributed by atoms with van der Waals surface area (Å²) < 4.78 is -0.362. The topological polar surface area (TPSA) is 26.3 Å². The monoisotopic (exact) mass is 243 g/mol. The standard InChI is InChI=1S/C3Cl5O2/c4-2(5,6)3(7,8)10-1-9. The zero-order valence-corrected chi connectivity index (χ0v) is 7.99. The summed E-state index contributed by atoms with van der Waals surface area (Å²) >= 11 is 25.9. The molecule has 1 radical (unpaired) electrons. The van der Waals surface area contributed by atoms with Crippen LogP contribution in [-0.2, 0) is 9.53 Å². The Kier molecular flexibility index (Phi) is 3.87. The smallest absolute Gasteiger partial charge is 0.415 e. The molecule has 7 heteroatoms. The van der Waals surface area contributed by atoms with E-state index < -0.39 is 8.31 Å². The Hall–Kier alpha value is 0.920. The summed E-state index contributed by atoms with van der Waals surface area (Å²) in [6, 6.07) is 0. The molecule has 10 heavy (non-hydrogen) atoms. The Morgan fingerprint density at radius 3 is 1.60 bits per heavy atom. The molecule has 0 spiro atoms. The lowest BCUT2D eigenvalue weighted by atomic mass is 10.8. The molecule has 0 aromatic rings. The van der Waals surface area contributed by atoms with Crippen molar-refractivity contribution in [2.24, 2.45) is 0 Å². The van der Waals surface area contributed by atoms with Crippen molar-refractivity contribution in [2.75, 3.05) is 0 Å². The highest BCUT2D eigenvalue weighted by Gasteiger charge is 2.48. The first-order valence-corrected chi connectivity index (χ1v) is 3.70. The molecule has 0 fully saturated rings. The van der Waals surface area contributed by atoms with E-state index in [1.54, 1.807) is 0 Å². The molecule has 0 amide bonds. The van der Waals surface area contributed by atoms with E-state index >= 15 is 0 Å². The van der Waals surface area contributed by atoms with Crippen LogP contribution in [0.2, 0.25) is 0 Å². The molecule has 59 valence electrons. The third-order valence-electron chi connectivity index (χ3n) is 0.500. The Balaban J connectivity index is 4.23. The zero-order chi connectivity index (χ0) is 8.41. The summed E-state index contributed by atoms with van der Waals surface area (Å²) in [7, 11) is 0. The molecule has 0 heterocycles. The summed E-state index contributed by atoms with van der Waals surface area (Å²) in [4.78, 5) is 9.58. The normalized spacial score (nSPS) is 12.9. The fraction of sp³-hybridized carbons (Fsp3) is 0.667. The van der Waals surface area contributed by atoms with Gasteiger partial charge in [-0.25, -0.2) is 4.79 Å². The van der Waals surface area contributed by atoms with Crippen molar-refractivity contribution >= 4 is 64.5 Å². The Bertz CT molecular complexity index is 127. The first kappa shape index (κ1) is 10.9. The maximum Gasteiger partial charge on any atom is 0.420 e. The second-order valence-electron chi connectivity index (χ2n) is 1.20. The van der Waals surface area contributed by atoms with Crippen LogP contribution in [0.25, 0.3) is 0 Å². The van der Waals surface area contributed by atoms with Gasteiger partial charge in [-0.1, -0.05) is 58.0 Å². The van der Waals surface area contributed by atoms with Crippen molar-refractivity contribution in [2.45, 2.75) is 8.31 Å². The van der Waals surface area contributed by atoms with Crippen molar-refractivity contribution < 1.29 is 9.53 Å². The van der Waals surface area contributed by atoms with E-state index in [2.05, 4.69) is 4.74 Å². The van der Waals surface area contributed by atoms with Crippen LogP contribution in [0.5, 0.6) is 0 Å². The van der Waals surface area contributed by atoms with Crippen LogP contribution in [0, 0.1) is 0 Å². The van der Waals surface area contributed by atoms with E-state index in [0.717, 1.165) is 6.47 Å². The van der Waals surface area contributed by atoms with Gasteiger partial charge in [0.05, 0.1) is 0 Å². The van der Waals surface area contributed by atoms with Gasteiger partial charge in [0.1, 0.15) is 0 Å². The number of carbonyl (C=O) groups excluding carboxylic acids is 1. The molecule has 0 saturated heterocycles. The fourth-order valence-corrected chi connectivity index (χ4v) is 0.289. The lowest BCUT2D eigenvalue weighted by Gasteiger charge is -2.23. The van der Waals surface area contributed by atoms with Gasteiger partial charge in [-0.3, -0.25) is 0 Å². The van der Waals surface area contributed by atoms with E-state index in [1.165, 1.54) is 0 Å². The molecule has 0 aliphatic heterocycles. The van der Waals surface area contributed by atoms with E-state index in [4.69, 9.17) is 58.0 Å². The molecule has 0 atom stereocenters. The fourth-order valence-electron chi connectivity index (χ4n) is 0.110. The van der Waals surface area contributed by atoms with Crippen molar-refractivity contribution in [1.29, 1.82) is 0 Å². The van der Waals surface area contributed by atoms with Gasteiger partial charge in [-0.2, -0.15) is 0 Å². The highest BCUT2D eigenvalue weighted by molar-refractivity contribution is 6.75. The lowest BCUT2D eigenvalue weighted by Crippen LogP contribution is -2.33. The van der Waals surface area contributed by atoms with Crippen molar-refractivity contribution in [3.05, 3.63) is 0 Å². The van der Waals surface area contributed by atoms with Crippen LogP contribution in [0.1, 0.15) is 0 Å². The summed E-state index contributed by atoms with van der Waals surface area (Å²) in [6.45, 7) is 0.947. The predicted octanol–water partition coefficient (Wildman–Crippen LogP) is 2.57. The SMILES string of the molecule is O=[C]OC(Cl)(Cl)C(Cl)(Cl)Cl. The molecular weight excluding hydrogens is 245 g/mol. The minimum absolute atomic E-state index is 0.947. The Morgan fingerprint density at radius 2 is 1.50 bits per heavy atom. The number of alkyl halides is 5. The quantitative estimate of drug-likeness (QED) is 0.699. The van der Waals surface area contributed by atoms with Gasteiger partial charge in [-0.15, -0.1) is 0 Å². The van der Waals surface area contributed by atoms with E-state index in [-0.39, 0.29) is 0 Å². The number of rotatable bonds is 2. The Morgan fingerprint density at radius 1 is 1.10 bits per heavy atom. The third kappa shape index (κ3) is 2.89. The van der Waals surface area contributed by atoms with Crippen molar-refractivity contribution in [1.82, 2.24) is 0 Å². The number of ether oxygens (including phenoxy) is 1. The van der Waals surface area contributed by atoms with Crippen molar-refractivity contribution in [3.63, 3.8) is 0 Å². The van der Waals surface area contributed by atoms with Crippen LogP contribution in [0.4, 0.5) is 0 Å². The predicted molar refractivity (Wildman–Crippen MR) is 41.5 cm³/mol. The lowest BCUT2D eigenvalue weighted by molar-refractivity contribution is 0.215. The maximum absolute atomic E-state index is 9.58. The molecule has 0 rings (SSSR count). The number of hydrogen-bond acceptors (Lipinski definition) is 2. The number of halogens is 5. The van der Waals surface area contributed by atoms with Crippen LogP contribution in [0.15, 0.2) is 0 Å². The second-order valence-corrected chi connectivity index (χ2v) is 4.74. The molecule has 0 N–H and O–H groups in total. The summed E-state index contributed by atoms with van der Waals surface area (Å²) in [6.07, 6.45) is 0. The van der Waals surface area contributed by atoms with Gasteiger partial charge >= 0.3 is 11.0 Å². The van der Waals surface area contributed by atoms with Gasteiger partial charge in [0.15, 0.2) is 0 Å². The minimum Gasteiger partial charge on any atom is -0.415 e. The van der Waals surface area contributed by atoms with Gasteiger partial charge in [0, 0.05) is 0 Å². The first-order chi connectivity index (χ1) is 4.31. The third-order valence-corrected chi connectivity index (χ3v) is 2.60. The average Bonchev–Trinajstić information content (AvgIpc) is 1.61. The second kappa shape index (κ2) is 3.55. The minimum atomic E-state index is -2.20. The summed E-state index contributed by atoms with van der Waals surface area (Å²) in [5, 5.41) is 0. The molecule has 0 aromatic carbocycles. The average molecular weight is 245 g/mol. The molecule has 0 aliphatic carbocycles. The highest BCUT2D eigenvalue weighted by atomic mass is 35.6. The maximum atomic E-state index is 9.58. The molecule has 0 bridgehead atoms. The van der Waals surface area contributed by atoms with Crippen LogP contribution >= 0.6 is 58.0 Å². The first-order valence-electron chi connectivity index (χ1n) is 1.81. The molecule has 2 nitrogen and oxygen atoms in total. The summed E-state index contributed by atoms with van der Waals surface area (Å²) in [5.74, 6) is 0. The van der Waals surface area contributed by atoms with Crippen LogP contribution in [-0.4, -0.2) is 14.8 Å². The van der Waals surface area contributed by atoms with Gasteiger partial charge in [-0.05, 0) is 0 Å². The molecule has 0 unspecified atom stereocenters. The van der Waals surface area contributed by atoms with Crippen molar-refractivity contribution in [3.8, 4) is 0 Å². The highest BCUT2D eigenvalue weighted by Crippen LogP contribution is 2.46. The molecule has 0 saturated carbocycles. The zero-order valence-electron chi connectivity index (χ0n) is 4.21. The number of hydrogen-bond donors (Lipinski definition) is 0. The largest absolute Gasteiger partial charge is 0.420 e. The van der Waals surface area contributed by atoms with Gasteiger partial charge in [0.2, 0.25) is 0 Å². The van der Waals surface area contributed by atoms with Gasteiger partial charge in [0.25, 0.3) is 3.79 Å². The van der Waals surface area contributed by atoms with Crippen LogP contribution in [0.3, 0.4) is 0 Å². The van der Waals surface area contributed by atoms with E-state index in [0.29, 0.717) is 0 Å². The molecule has 0 aromatic heterocycles. The van der Waals surface area contributed by atoms with Crippen LogP contribution < -0.4 is 0 Å². The summed E-state index contributed by atoms with van der Waals surface area (Å²) in [5.41, 5.74) is 0. The Labute approximate surface area is 82.3 Å².